The lowest BCUT2D eigenvalue weighted by Crippen LogP contribution is -2.28. The Morgan fingerprint density at radius 2 is 1.63 bits per heavy atom. The molecular weight excluding hydrogens is 409 g/mol. The van der Waals surface area contributed by atoms with E-state index < -0.39 is 5.82 Å². The molecule has 2 aromatic rings. The number of aromatic hydroxyl groups is 1. The number of hydrogen-bond acceptors (Lipinski definition) is 4. The van der Waals surface area contributed by atoms with Crippen LogP contribution < -0.4 is 16.0 Å². The van der Waals surface area contributed by atoms with Gasteiger partial charge in [-0.2, -0.15) is 0 Å². The lowest BCUT2D eigenvalue weighted by Gasteiger charge is -2.11. The van der Waals surface area contributed by atoms with Crippen molar-refractivity contribution in [1.82, 2.24) is 16.0 Å². The summed E-state index contributed by atoms with van der Waals surface area (Å²) in [6, 6.07) is 9.07. The zero-order chi connectivity index (χ0) is 20.6. The van der Waals surface area contributed by atoms with Crippen molar-refractivity contribution < 1.29 is 19.1 Å². The summed E-state index contributed by atoms with van der Waals surface area (Å²) in [5.74, 6) is -0.868. The van der Waals surface area contributed by atoms with Gasteiger partial charge >= 0.3 is 0 Å². The van der Waals surface area contributed by atoms with Gasteiger partial charge in [-0.15, -0.1) is 12.4 Å². The fourth-order valence-corrected chi connectivity index (χ4v) is 3.28. The number of amides is 2. The molecular formula is C22H27ClFN3O3. The molecule has 1 aliphatic rings. The number of nitrogens with one attached hydrogen (secondary N) is 3. The molecule has 0 fully saturated rings. The van der Waals surface area contributed by atoms with Crippen LogP contribution in [0, 0.1) is 5.82 Å². The first-order chi connectivity index (χ1) is 14.0. The Bertz CT molecular complexity index is 892. The third kappa shape index (κ3) is 6.43. The molecule has 30 heavy (non-hydrogen) atoms. The Labute approximate surface area is 181 Å². The molecule has 4 N–H and O–H groups in total. The third-order valence-corrected chi connectivity index (χ3v) is 4.89. The molecule has 0 saturated carbocycles. The topological polar surface area (TPSA) is 90.5 Å². The van der Waals surface area contributed by atoms with Crippen molar-refractivity contribution in [1.29, 1.82) is 0 Å². The number of fused-ring (bicyclic) bond motifs is 5. The zero-order valence-electron chi connectivity index (χ0n) is 16.7. The van der Waals surface area contributed by atoms with Crippen molar-refractivity contribution in [3.63, 3.8) is 0 Å². The summed E-state index contributed by atoms with van der Waals surface area (Å²) in [6.45, 7) is 2.42. The van der Waals surface area contributed by atoms with Crippen LogP contribution in [0.5, 0.6) is 5.75 Å². The SMILES string of the molecule is Cl.O=C1CCCNCCCNC(=O)c2ccc(F)c(c2)-c2cc(ccc2O)CCN1. The van der Waals surface area contributed by atoms with Gasteiger partial charge in [0, 0.05) is 36.2 Å². The van der Waals surface area contributed by atoms with Crippen LogP contribution in [0.3, 0.4) is 0 Å². The van der Waals surface area contributed by atoms with Crippen LogP contribution in [0.1, 0.15) is 35.2 Å². The third-order valence-electron chi connectivity index (χ3n) is 4.89. The number of carbonyl (C=O) groups excluding carboxylic acids is 2. The summed E-state index contributed by atoms with van der Waals surface area (Å²) in [6.07, 6.45) is 2.49. The Hall–Kier alpha value is -2.64. The van der Waals surface area contributed by atoms with Crippen molar-refractivity contribution in [3.8, 4) is 16.9 Å². The quantitative estimate of drug-likeness (QED) is 0.512. The first-order valence-corrected chi connectivity index (χ1v) is 9.92. The highest BCUT2D eigenvalue weighted by Crippen LogP contribution is 2.32. The van der Waals surface area contributed by atoms with Gasteiger partial charge < -0.3 is 21.1 Å². The van der Waals surface area contributed by atoms with Gasteiger partial charge in [0.15, 0.2) is 0 Å². The molecule has 0 unspecified atom stereocenters. The van der Waals surface area contributed by atoms with E-state index in [4.69, 9.17) is 0 Å². The van der Waals surface area contributed by atoms with Crippen LogP contribution in [0.25, 0.3) is 11.1 Å². The smallest absolute Gasteiger partial charge is 0.251 e. The number of phenolic OH excluding ortho intramolecular Hbond substituents is 1. The number of hydrogen-bond donors (Lipinski definition) is 4. The van der Waals surface area contributed by atoms with Gasteiger partial charge in [-0.05, 0) is 68.2 Å². The number of phenols is 1. The van der Waals surface area contributed by atoms with Gasteiger partial charge in [0.05, 0.1) is 0 Å². The van der Waals surface area contributed by atoms with E-state index in [9.17, 15) is 19.1 Å². The van der Waals surface area contributed by atoms with Gasteiger partial charge in [0.1, 0.15) is 11.6 Å². The summed E-state index contributed by atoms with van der Waals surface area (Å²) in [7, 11) is 0. The van der Waals surface area contributed by atoms with E-state index in [1.54, 1.807) is 12.1 Å². The van der Waals surface area contributed by atoms with Crippen molar-refractivity contribution in [3.05, 3.63) is 53.3 Å². The van der Waals surface area contributed by atoms with Gasteiger partial charge in [-0.1, -0.05) is 6.07 Å². The second-order valence-corrected chi connectivity index (χ2v) is 7.11. The molecule has 0 radical (unpaired) electrons. The van der Waals surface area contributed by atoms with Gasteiger partial charge in [-0.3, -0.25) is 9.59 Å². The Morgan fingerprint density at radius 1 is 0.833 bits per heavy atom. The molecule has 162 valence electrons. The molecule has 1 aliphatic heterocycles. The maximum Gasteiger partial charge on any atom is 0.251 e. The Balaban J connectivity index is 0.00000320. The molecule has 3 rings (SSSR count). The van der Waals surface area contributed by atoms with Crippen LogP contribution in [0.15, 0.2) is 36.4 Å². The number of halogens is 2. The van der Waals surface area contributed by atoms with Gasteiger partial charge in [0.25, 0.3) is 5.91 Å². The minimum Gasteiger partial charge on any atom is -0.507 e. The normalized spacial score (nSPS) is 16.2. The highest BCUT2D eigenvalue weighted by atomic mass is 35.5. The molecule has 2 amide bonds. The van der Waals surface area contributed by atoms with Gasteiger partial charge in [0.2, 0.25) is 5.91 Å². The van der Waals surface area contributed by atoms with Crippen LogP contribution in [0.2, 0.25) is 0 Å². The summed E-state index contributed by atoms with van der Waals surface area (Å²) < 4.78 is 14.5. The maximum absolute atomic E-state index is 14.5. The fourth-order valence-electron chi connectivity index (χ4n) is 3.28. The molecule has 0 atom stereocenters. The second-order valence-electron chi connectivity index (χ2n) is 7.11. The van der Waals surface area contributed by atoms with E-state index in [0.717, 1.165) is 31.5 Å². The highest BCUT2D eigenvalue weighted by Gasteiger charge is 2.15. The maximum atomic E-state index is 14.5. The predicted octanol–water partition coefficient (Wildman–Crippen LogP) is 2.78. The van der Waals surface area contributed by atoms with E-state index in [-0.39, 0.29) is 35.5 Å². The predicted molar refractivity (Wildman–Crippen MR) is 117 cm³/mol. The lowest BCUT2D eigenvalue weighted by atomic mass is 9.98. The summed E-state index contributed by atoms with van der Waals surface area (Å²) in [5.41, 5.74) is 1.68. The van der Waals surface area contributed by atoms with Crippen LogP contribution in [0.4, 0.5) is 4.39 Å². The van der Waals surface area contributed by atoms with E-state index >= 15 is 0 Å². The Morgan fingerprint density at radius 3 is 2.47 bits per heavy atom. The van der Waals surface area contributed by atoms with Crippen molar-refractivity contribution in [2.45, 2.75) is 25.7 Å². The Kier molecular flexibility index (Phi) is 9.08. The average Bonchev–Trinajstić information content (AvgIpc) is 2.71. The van der Waals surface area contributed by atoms with Crippen LogP contribution in [-0.2, 0) is 11.2 Å². The molecule has 2 aromatic carbocycles. The fraction of sp³-hybridized carbons (Fsp3) is 0.364. The second kappa shape index (κ2) is 11.5. The van der Waals surface area contributed by atoms with E-state index in [1.807, 2.05) is 0 Å². The van der Waals surface area contributed by atoms with E-state index in [2.05, 4.69) is 16.0 Å². The molecule has 0 spiro atoms. The van der Waals surface area contributed by atoms with Crippen molar-refractivity contribution >= 4 is 24.2 Å². The number of rotatable bonds is 0. The highest BCUT2D eigenvalue weighted by molar-refractivity contribution is 5.95. The molecule has 0 saturated heterocycles. The molecule has 8 heteroatoms. The zero-order valence-corrected chi connectivity index (χ0v) is 17.5. The number of carbonyl (C=O) groups is 2. The summed E-state index contributed by atoms with van der Waals surface area (Å²) in [5, 5.41) is 19.2. The molecule has 6 nitrogen and oxygen atoms in total. The monoisotopic (exact) mass is 435 g/mol. The van der Waals surface area contributed by atoms with Crippen molar-refractivity contribution in [2.75, 3.05) is 26.2 Å². The lowest BCUT2D eigenvalue weighted by molar-refractivity contribution is -0.121. The number of benzene rings is 2. The largest absolute Gasteiger partial charge is 0.507 e. The molecule has 0 aliphatic carbocycles. The van der Waals surface area contributed by atoms with E-state index in [0.29, 0.717) is 37.1 Å². The summed E-state index contributed by atoms with van der Waals surface area (Å²) in [4.78, 5) is 24.3. The van der Waals surface area contributed by atoms with Crippen LogP contribution in [-0.4, -0.2) is 43.1 Å². The van der Waals surface area contributed by atoms with Crippen molar-refractivity contribution in [2.24, 2.45) is 0 Å². The first kappa shape index (κ1) is 23.6. The molecule has 1 heterocycles. The van der Waals surface area contributed by atoms with E-state index in [1.165, 1.54) is 24.3 Å². The summed E-state index contributed by atoms with van der Waals surface area (Å²) >= 11 is 0. The molecule has 0 aromatic heterocycles. The first-order valence-electron chi connectivity index (χ1n) is 9.92. The minimum atomic E-state index is -0.516. The minimum absolute atomic E-state index is 0. The standard InChI is InChI=1S/C22H26FN3O3.ClH/c23-19-6-5-16-14-17(19)18-13-15(4-7-20(18)27)8-12-25-21(28)3-1-9-24-10-2-11-26-22(16)29;/h4-7,13-14,24,27H,1-3,8-12H2,(H,25,28)(H,26,29);1H. The van der Waals surface area contributed by atoms with Crippen LogP contribution >= 0.6 is 12.4 Å². The molecule has 4 bridgehead atoms. The van der Waals surface area contributed by atoms with Gasteiger partial charge in [-0.25, -0.2) is 4.39 Å². The average molecular weight is 436 g/mol.